The largest absolute Gasteiger partial charge is 0.497 e. The van der Waals surface area contributed by atoms with Crippen LogP contribution in [0.3, 0.4) is 0 Å². The Morgan fingerprint density at radius 2 is 1.72 bits per heavy atom. The average Bonchev–Trinajstić information content (AvgIpc) is 3.31. The molecule has 11 nitrogen and oxygen atoms in total. The van der Waals surface area contributed by atoms with Crippen LogP contribution in [-0.4, -0.2) is 51.7 Å². The zero-order valence-corrected chi connectivity index (χ0v) is 17.5. The maximum Gasteiger partial charge on any atom is 0.288 e. The predicted octanol–water partition coefficient (Wildman–Crippen LogP) is 2.14. The Balaban J connectivity index is 1.79. The minimum atomic E-state index is -0.580. The Bertz CT molecular complexity index is 1350. The van der Waals surface area contributed by atoms with Gasteiger partial charge in [0.25, 0.3) is 5.56 Å². The van der Waals surface area contributed by atoms with Gasteiger partial charge in [0.15, 0.2) is 0 Å². The number of fused-ring (bicyclic) bond motifs is 2. The van der Waals surface area contributed by atoms with Gasteiger partial charge in [-0.05, 0) is 46.8 Å². The van der Waals surface area contributed by atoms with Gasteiger partial charge >= 0.3 is 0 Å². The van der Waals surface area contributed by atoms with Crippen molar-refractivity contribution in [2.75, 3.05) is 26.6 Å². The van der Waals surface area contributed by atoms with E-state index in [-0.39, 0.29) is 5.56 Å². The number of tetrazole rings is 1. The molecule has 2 aromatic carbocycles. The Labute approximate surface area is 181 Å². The molecule has 162 valence electrons. The molecule has 1 atom stereocenters. The number of H-pyrrole nitrogens is 1. The van der Waals surface area contributed by atoms with Gasteiger partial charge < -0.3 is 19.5 Å². The molecule has 0 aliphatic carbocycles. The number of rotatable bonds is 5. The third-order valence-corrected chi connectivity index (χ3v) is 5.37. The van der Waals surface area contributed by atoms with Crippen molar-refractivity contribution in [3.8, 4) is 28.5 Å². The van der Waals surface area contributed by atoms with E-state index >= 15 is 0 Å². The van der Waals surface area contributed by atoms with Crippen molar-refractivity contribution >= 4 is 11.6 Å². The molecule has 2 N–H and O–H groups in total. The Hall–Kier alpha value is -4.41. The molecule has 32 heavy (non-hydrogen) atoms. The predicted molar refractivity (Wildman–Crippen MR) is 115 cm³/mol. The molecular formula is C21H19N7O4. The topological polar surface area (TPSA) is 129 Å². The summed E-state index contributed by atoms with van der Waals surface area (Å²) in [6.07, 6.45) is 0. The van der Waals surface area contributed by atoms with Crippen molar-refractivity contribution in [1.82, 2.24) is 30.4 Å². The number of methoxy groups -OCH3 is 3. The number of nitrogens with zero attached hydrogens (tertiary/aromatic N) is 5. The summed E-state index contributed by atoms with van der Waals surface area (Å²) in [5, 5.41) is 22.0. The maximum atomic E-state index is 12.8. The van der Waals surface area contributed by atoms with E-state index in [0.717, 1.165) is 11.1 Å². The molecule has 0 radical (unpaired) electrons. The fourth-order valence-electron chi connectivity index (χ4n) is 3.84. The second kappa shape index (κ2) is 7.69. The van der Waals surface area contributed by atoms with E-state index in [9.17, 15) is 4.79 Å². The van der Waals surface area contributed by atoms with Gasteiger partial charge in [-0.2, -0.15) is 9.78 Å². The summed E-state index contributed by atoms with van der Waals surface area (Å²) in [7, 11) is 4.75. The van der Waals surface area contributed by atoms with Crippen molar-refractivity contribution in [1.29, 1.82) is 0 Å². The minimum absolute atomic E-state index is 0.316. The van der Waals surface area contributed by atoms with Gasteiger partial charge in [-0.15, -0.1) is 0 Å². The molecule has 0 saturated carbocycles. The molecule has 0 unspecified atom stereocenters. The van der Waals surface area contributed by atoms with E-state index < -0.39 is 6.04 Å². The second-order valence-electron chi connectivity index (χ2n) is 7.00. The second-order valence-corrected chi connectivity index (χ2v) is 7.00. The molecule has 0 saturated heterocycles. The SMILES string of the molecule is COc1ccc(-c2n[nH]c(=O)c3c2[C@@H](c2ccc(OC)cc2OC)n2nnnc2N3)cc1. The van der Waals surface area contributed by atoms with Crippen LogP contribution in [0.4, 0.5) is 11.6 Å². The highest BCUT2D eigenvalue weighted by atomic mass is 16.5. The Morgan fingerprint density at radius 3 is 2.44 bits per heavy atom. The lowest BCUT2D eigenvalue weighted by molar-refractivity contribution is 0.386. The van der Waals surface area contributed by atoms with Gasteiger partial charge in [-0.1, -0.05) is 5.10 Å². The third kappa shape index (κ3) is 3.02. The van der Waals surface area contributed by atoms with Crippen LogP contribution in [-0.2, 0) is 0 Å². The average molecular weight is 433 g/mol. The third-order valence-electron chi connectivity index (χ3n) is 5.37. The van der Waals surface area contributed by atoms with Crippen molar-refractivity contribution in [3.63, 3.8) is 0 Å². The summed E-state index contributed by atoms with van der Waals surface area (Å²) < 4.78 is 17.9. The van der Waals surface area contributed by atoms with Crippen LogP contribution in [0.1, 0.15) is 17.2 Å². The molecular weight excluding hydrogens is 414 g/mol. The number of anilines is 2. The van der Waals surface area contributed by atoms with Crippen molar-refractivity contribution < 1.29 is 14.2 Å². The van der Waals surface area contributed by atoms with Crippen LogP contribution < -0.4 is 25.1 Å². The molecule has 1 aliphatic rings. The molecule has 0 bridgehead atoms. The van der Waals surface area contributed by atoms with E-state index in [1.54, 1.807) is 32.1 Å². The van der Waals surface area contributed by atoms with Crippen LogP contribution in [0, 0.1) is 0 Å². The Kier molecular flexibility index (Phi) is 4.70. The highest BCUT2D eigenvalue weighted by Gasteiger charge is 2.36. The quantitative estimate of drug-likeness (QED) is 0.428. The molecule has 0 fully saturated rings. The number of hydrogen-bond donors (Lipinski definition) is 2. The normalized spacial score (nSPS) is 14.2. The number of ether oxygens (including phenoxy) is 3. The first-order valence-electron chi connectivity index (χ1n) is 9.68. The van der Waals surface area contributed by atoms with E-state index in [4.69, 9.17) is 14.2 Å². The molecule has 4 aromatic rings. The molecule has 3 heterocycles. The van der Waals surface area contributed by atoms with E-state index in [0.29, 0.717) is 40.1 Å². The van der Waals surface area contributed by atoms with Gasteiger partial charge in [0.05, 0.1) is 27.0 Å². The summed E-state index contributed by atoms with van der Waals surface area (Å²) in [5.41, 5.74) is 2.64. The minimum Gasteiger partial charge on any atom is -0.497 e. The summed E-state index contributed by atoms with van der Waals surface area (Å²) in [4.78, 5) is 12.8. The first-order valence-corrected chi connectivity index (χ1v) is 9.68. The summed E-state index contributed by atoms with van der Waals surface area (Å²) >= 11 is 0. The highest BCUT2D eigenvalue weighted by Crippen LogP contribution is 2.44. The standard InChI is InChI=1S/C21H19N7O4/c1-30-12-6-4-11(5-7-12)17-16-18(20(29)24-23-17)22-21-25-26-27-28(21)19(16)14-9-8-13(31-2)10-15(14)32-3/h4-10,19H,1-3H3,(H,24,29)(H,22,25,27)/t19-/m1/s1. The monoisotopic (exact) mass is 433 g/mol. The van der Waals surface area contributed by atoms with E-state index in [2.05, 4.69) is 31.0 Å². The van der Waals surface area contributed by atoms with Gasteiger partial charge in [-0.3, -0.25) is 4.79 Å². The number of aromatic nitrogens is 6. The van der Waals surface area contributed by atoms with Crippen LogP contribution in [0.25, 0.3) is 11.3 Å². The van der Waals surface area contributed by atoms with Crippen LogP contribution in [0.5, 0.6) is 17.2 Å². The van der Waals surface area contributed by atoms with E-state index in [1.165, 1.54) is 0 Å². The number of aromatic amines is 1. The molecule has 0 spiro atoms. The van der Waals surface area contributed by atoms with Crippen LogP contribution in [0.2, 0.25) is 0 Å². The van der Waals surface area contributed by atoms with Crippen molar-refractivity contribution in [3.05, 3.63) is 63.9 Å². The number of nitrogens with one attached hydrogen (secondary N) is 2. The smallest absolute Gasteiger partial charge is 0.288 e. The highest BCUT2D eigenvalue weighted by molar-refractivity contribution is 5.76. The maximum absolute atomic E-state index is 12.8. The lowest BCUT2D eigenvalue weighted by Gasteiger charge is -2.28. The zero-order valence-electron chi connectivity index (χ0n) is 17.5. The van der Waals surface area contributed by atoms with Gasteiger partial charge in [-0.25, -0.2) is 5.10 Å². The zero-order chi connectivity index (χ0) is 22.2. The van der Waals surface area contributed by atoms with Crippen molar-refractivity contribution in [2.45, 2.75) is 6.04 Å². The van der Waals surface area contributed by atoms with Crippen LogP contribution >= 0.6 is 0 Å². The van der Waals surface area contributed by atoms with Crippen LogP contribution in [0.15, 0.2) is 47.3 Å². The first kappa shape index (κ1) is 19.5. The molecule has 0 amide bonds. The fourth-order valence-corrected chi connectivity index (χ4v) is 3.84. The molecule has 1 aliphatic heterocycles. The first-order chi connectivity index (χ1) is 15.6. The molecule has 2 aromatic heterocycles. The number of benzene rings is 2. The lowest BCUT2D eigenvalue weighted by atomic mass is 9.92. The summed E-state index contributed by atoms with van der Waals surface area (Å²) in [6.45, 7) is 0. The lowest BCUT2D eigenvalue weighted by Crippen LogP contribution is -2.29. The van der Waals surface area contributed by atoms with Gasteiger partial charge in [0.1, 0.15) is 29.0 Å². The molecule has 5 rings (SSSR count). The fraction of sp³-hybridized carbons (Fsp3) is 0.190. The number of hydrogen-bond acceptors (Lipinski definition) is 9. The Morgan fingerprint density at radius 1 is 0.969 bits per heavy atom. The van der Waals surface area contributed by atoms with Gasteiger partial charge in [0, 0.05) is 22.8 Å². The summed E-state index contributed by atoms with van der Waals surface area (Å²) in [5.74, 6) is 2.24. The van der Waals surface area contributed by atoms with E-state index in [1.807, 2.05) is 36.4 Å². The summed E-state index contributed by atoms with van der Waals surface area (Å²) in [6, 6.07) is 12.3. The molecule has 11 heteroatoms. The van der Waals surface area contributed by atoms with Crippen molar-refractivity contribution in [2.24, 2.45) is 0 Å². The van der Waals surface area contributed by atoms with Gasteiger partial charge in [0.2, 0.25) is 5.95 Å².